The fraction of sp³-hybridized carbons (Fsp3) is 0.909. The summed E-state index contributed by atoms with van der Waals surface area (Å²) in [5.74, 6) is 0. The molecule has 0 fully saturated rings. The molecule has 0 aromatic heterocycles. The first-order valence-corrected chi connectivity index (χ1v) is 5.41. The number of aliphatic imine (C=N–C) groups is 2. The lowest BCUT2D eigenvalue weighted by Crippen LogP contribution is -2.47. The molecule has 2 unspecified atom stereocenters. The molecule has 0 saturated heterocycles. The van der Waals surface area contributed by atoms with Crippen LogP contribution in [0.5, 0.6) is 0 Å². The normalized spacial score (nSPS) is 15.5. The second-order valence-electron chi connectivity index (χ2n) is 3.81. The Labute approximate surface area is 99.9 Å². The zero-order valence-corrected chi connectivity index (χ0v) is 11.3. The molecule has 0 aliphatic rings. The highest BCUT2D eigenvalue weighted by atomic mass is 35.5. The Morgan fingerprint density at radius 1 is 1.40 bits per heavy atom. The summed E-state index contributed by atoms with van der Waals surface area (Å²) in [4.78, 5) is 8.36. The minimum atomic E-state index is 0. The van der Waals surface area contributed by atoms with E-state index in [1.165, 1.54) is 0 Å². The molecule has 1 N–H and O–H groups in total. The van der Waals surface area contributed by atoms with Gasteiger partial charge in [0.1, 0.15) is 0 Å². The van der Waals surface area contributed by atoms with Crippen molar-refractivity contribution in [2.75, 3.05) is 13.6 Å². The van der Waals surface area contributed by atoms with Crippen LogP contribution in [0.1, 0.15) is 40.5 Å². The lowest BCUT2D eigenvalue weighted by molar-refractivity contribution is 0.318. The van der Waals surface area contributed by atoms with E-state index in [1.54, 1.807) is 0 Å². The molecular formula is C11H24ClN3. The van der Waals surface area contributed by atoms with Crippen molar-refractivity contribution in [1.82, 2.24) is 5.32 Å². The highest BCUT2D eigenvalue weighted by Crippen LogP contribution is 2.16. The number of halogens is 1. The van der Waals surface area contributed by atoms with Gasteiger partial charge in [0.2, 0.25) is 0 Å². The first-order chi connectivity index (χ1) is 6.60. The maximum atomic E-state index is 4.30. The Morgan fingerprint density at radius 3 is 2.40 bits per heavy atom. The molecule has 15 heavy (non-hydrogen) atoms. The van der Waals surface area contributed by atoms with Crippen LogP contribution in [-0.2, 0) is 0 Å². The van der Waals surface area contributed by atoms with Gasteiger partial charge in [-0.2, -0.15) is 0 Å². The van der Waals surface area contributed by atoms with Crippen LogP contribution in [0, 0.1) is 0 Å². The number of hydrogen-bond donors (Lipinski definition) is 1. The summed E-state index contributed by atoms with van der Waals surface area (Å²) in [6, 6.07) is 2.98. The van der Waals surface area contributed by atoms with Gasteiger partial charge in [0.15, 0.2) is 0 Å². The van der Waals surface area contributed by atoms with E-state index in [9.17, 15) is 0 Å². The van der Waals surface area contributed by atoms with Crippen molar-refractivity contribution < 1.29 is 0 Å². The molecule has 0 rings (SSSR count). The number of nitrogens with one attached hydrogen (secondary N) is 1. The third-order valence-electron chi connectivity index (χ3n) is 2.89. The first kappa shape index (κ1) is 17.0. The summed E-state index contributed by atoms with van der Waals surface area (Å²) in [7, 11) is 1.97. The molecule has 0 aliphatic carbocycles. The number of likely N-dealkylation sites (N-methyl/N-ethyl adjacent to an activating group) is 1. The molecule has 0 radical (unpaired) electrons. The van der Waals surface area contributed by atoms with E-state index in [2.05, 4.69) is 49.0 Å². The summed E-state index contributed by atoms with van der Waals surface area (Å²) >= 11 is 0. The van der Waals surface area contributed by atoms with Crippen LogP contribution in [0.25, 0.3) is 0 Å². The fourth-order valence-electron chi connectivity index (χ4n) is 1.11. The molecule has 3 nitrogen and oxygen atoms in total. The van der Waals surface area contributed by atoms with Crippen LogP contribution in [-0.4, -0.2) is 31.2 Å². The Morgan fingerprint density at radius 2 is 2.00 bits per heavy atom. The van der Waals surface area contributed by atoms with Crippen molar-refractivity contribution in [3.8, 4) is 0 Å². The van der Waals surface area contributed by atoms with Gasteiger partial charge >= 0.3 is 0 Å². The Bertz CT molecular complexity index is 206. The van der Waals surface area contributed by atoms with Crippen LogP contribution >= 0.6 is 12.4 Å². The van der Waals surface area contributed by atoms with Gasteiger partial charge < -0.3 is 5.32 Å². The first-order valence-electron chi connectivity index (χ1n) is 5.41. The largest absolute Gasteiger partial charge is 0.313 e. The minimum Gasteiger partial charge on any atom is -0.313 e. The number of nitrogens with zero attached hydrogens (tertiary/aromatic N) is 2. The van der Waals surface area contributed by atoms with Gasteiger partial charge in [-0.3, -0.25) is 0 Å². The molecule has 4 heteroatoms. The average molecular weight is 234 g/mol. The second kappa shape index (κ2) is 8.90. The van der Waals surface area contributed by atoms with Crippen LogP contribution in [0.2, 0.25) is 0 Å². The lowest BCUT2D eigenvalue weighted by Gasteiger charge is -2.31. The highest BCUT2D eigenvalue weighted by molar-refractivity contribution is 5.85. The molecule has 0 spiro atoms. The van der Waals surface area contributed by atoms with Gasteiger partial charge in [-0.25, -0.2) is 9.98 Å². The van der Waals surface area contributed by atoms with Crippen LogP contribution in [0.3, 0.4) is 0 Å². The SMILES string of the molecule is CCCN=C=NC(C)C(C)(CC)NC.Cl. The molecule has 0 amide bonds. The van der Waals surface area contributed by atoms with Gasteiger partial charge in [0.05, 0.1) is 12.1 Å². The molecule has 0 heterocycles. The van der Waals surface area contributed by atoms with Crippen molar-refractivity contribution >= 4 is 18.4 Å². The Hall–Kier alpha value is -0.370. The van der Waals surface area contributed by atoms with E-state index in [0.29, 0.717) is 0 Å². The Kier molecular flexibility index (Phi) is 10.1. The predicted molar refractivity (Wildman–Crippen MR) is 69.5 cm³/mol. The third-order valence-corrected chi connectivity index (χ3v) is 2.89. The predicted octanol–water partition coefficient (Wildman–Crippen LogP) is 2.77. The molecule has 2 atom stereocenters. The molecule has 0 aliphatic heterocycles. The average Bonchev–Trinajstić information content (AvgIpc) is 2.22. The fourth-order valence-corrected chi connectivity index (χ4v) is 1.11. The zero-order chi connectivity index (χ0) is 11.0. The monoisotopic (exact) mass is 233 g/mol. The topological polar surface area (TPSA) is 36.8 Å². The van der Waals surface area contributed by atoms with Gasteiger partial charge in [-0.15, -0.1) is 12.4 Å². The zero-order valence-electron chi connectivity index (χ0n) is 10.5. The van der Waals surface area contributed by atoms with Crippen molar-refractivity contribution in [3.63, 3.8) is 0 Å². The summed E-state index contributed by atoms with van der Waals surface area (Å²) in [5, 5.41) is 3.29. The third kappa shape index (κ3) is 5.93. The standard InChI is InChI=1S/C11H23N3.ClH/c1-6-8-13-9-14-10(3)11(4,7-2)12-5;/h10,12H,6-8H2,1-5H3;1H. The molecular weight excluding hydrogens is 210 g/mol. The smallest absolute Gasteiger partial charge is 0.0896 e. The highest BCUT2D eigenvalue weighted by Gasteiger charge is 2.26. The van der Waals surface area contributed by atoms with Crippen LogP contribution in [0.15, 0.2) is 9.98 Å². The summed E-state index contributed by atoms with van der Waals surface area (Å²) in [6.45, 7) is 9.33. The molecule has 0 aromatic carbocycles. The van der Waals surface area contributed by atoms with Gasteiger partial charge in [-0.05, 0) is 33.7 Å². The quantitative estimate of drug-likeness (QED) is 0.704. The van der Waals surface area contributed by atoms with Crippen molar-refractivity contribution in [2.45, 2.75) is 52.1 Å². The van der Waals surface area contributed by atoms with Gasteiger partial charge in [0.25, 0.3) is 0 Å². The maximum absolute atomic E-state index is 4.30. The second-order valence-corrected chi connectivity index (χ2v) is 3.81. The summed E-state index contributed by atoms with van der Waals surface area (Å²) < 4.78 is 0. The molecule has 0 bridgehead atoms. The maximum Gasteiger partial charge on any atom is 0.0896 e. The van der Waals surface area contributed by atoms with Crippen molar-refractivity contribution in [3.05, 3.63) is 0 Å². The number of rotatable bonds is 6. The molecule has 90 valence electrons. The van der Waals surface area contributed by atoms with E-state index in [4.69, 9.17) is 0 Å². The van der Waals surface area contributed by atoms with E-state index >= 15 is 0 Å². The van der Waals surface area contributed by atoms with E-state index in [0.717, 1.165) is 19.4 Å². The van der Waals surface area contributed by atoms with Gasteiger partial charge in [0, 0.05) is 12.1 Å². The number of hydrogen-bond acceptors (Lipinski definition) is 3. The summed E-state index contributed by atoms with van der Waals surface area (Å²) in [6.07, 6.45) is 2.09. The van der Waals surface area contributed by atoms with Crippen LogP contribution in [0.4, 0.5) is 0 Å². The molecule has 0 saturated carbocycles. The van der Waals surface area contributed by atoms with E-state index < -0.39 is 0 Å². The molecule has 0 aromatic rings. The van der Waals surface area contributed by atoms with E-state index in [-0.39, 0.29) is 24.0 Å². The van der Waals surface area contributed by atoms with E-state index in [1.807, 2.05) is 7.05 Å². The van der Waals surface area contributed by atoms with Gasteiger partial charge in [-0.1, -0.05) is 13.8 Å². The van der Waals surface area contributed by atoms with Crippen molar-refractivity contribution in [2.24, 2.45) is 9.98 Å². The van der Waals surface area contributed by atoms with Crippen LogP contribution < -0.4 is 5.32 Å². The lowest BCUT2D eigenvalue weighted by atomic mass is 9.91. The summed E-state index contributed by atoms with van der Waals surface area (Å²) in [5.41, 5.74) is 0.0503. The minimum absolute atomic E-state index is 0. The van der Waals surface area contributed by atoms with Crippen molar-refractivity contribution in [1.29, 1.82) is 0 Å². The Balaban J connectivity index is 0.